The lowest BCUT2D eigenvalue weighted by Gasteiger charge is -2.34. The molecule has 0 aromatic heterocycles. The summed E-state index contributed by atoms with van der Waals surface area (Å²) in [6, 6.07) is 8.38. The summed E-state index contributed by atoms with van der Waals surface area (Å²) in [5.41, 5.74) is 2.34. The minimum Gasteiger partial charge on any atom is -0.454 e. The Balaban J connectivity index is 2.09. The first-order chi connectivity index (χ1) is 7.30. The molecule has 2 heteroatoms. The number of fused-ring (bicyclic) bond motifs is 2. The van der Waals surface area contributed by atoms with Gasteiger partial charge < -0.3 is 4.74 Å². The number of ether oxygens (including phenoxy) is 1. The largest absolute Gasteiger partial charge is 0.454 e. The summed E-state index contributed by atoms with van der Waals surface area (Å²) in [5, 5.41) is 0. The van der Waals surface area contributed by atoms with Gasteiger partial charge in [0.25, 0.3) is 0 Å². The first kappa shape index (κ1) is 8.96. The monoisotopic (exact) mass is 202 g/mol. The van der Waals surface area contributed by atoms with Crippen LogP contribution in [0.3, 0.4) is 0 Å². The molecule has 0 saturated carbocycles. The summed E-state index contributed by atoms with van der Waals surface area (Å²) >= 11 is 0. The third-order valence-electron chi connectivity index (χ3n) is 3.58. The first-order valence-corrected chi connectivity index (χ1v) is 5.60. The number of hydrogen-bond acceptors (Lipinski definition) is 2. The van der Waals surface area contributed by atoms with Crippen molar-refractivity contribution in [3.63, 3.8) is 0 Å². The van der Waals surface area contributed by atoms with Crippen LogP contribution in [-0.4, -0.2) is 5.97 Å². The van der Waals surface area contributed by atoms with Gasteiger partial charge in [-0.05, 0) is 30.4 Å². The number of benzene rings is 1. The highest BCUT2D eigenvalue weighted by molar-refractivity contribution is 5.73. The zero-order valence-corrected chi connectivity index (χ0v) is 8.66. The molecule has 1 fully saturated rings. The second-order valence-corrected chi connectivity index (χ2v) is 4.48. The Kier molecular flexibility index (Phi) is 1.84. The lowest BCUT2D eigenvalue weighted by molar-refractivity contribution is -0.150. The average Bonchev–Trinajstić information content (AvgIpc) is 2.62. The van der Waals surface area contributed by atoms with Crippen LogP contribution < -0.4 is 0 Å². The molecule has 1 aromatic carbocycles. The Morgan fingerprint density at radius 3 is 2.80 bits per heavy atom. The zero-order valence-electron chi connectivity index (χ0n) is 8.66. The SMILES string of the molecule is O=C1CCC2(CCCc3ccccc32)O1. The molecule has 15 heavy (non-hydrogen) atoms. The molecule has 1 saturated heterocycles. The smallest absolute Gasteiger partial charge is 0.306 e. The number of hydrogen-bond donors (Lipinski definition) is 0. The number of esters is 1. The second-order valence-electron chi connectivity index (χ2n) is 4.48. The fourth-order valence-corrected chi connectivity index (χ4v) is 2.87. The van der Waals surface area contributed by atoms with Crippen molar-refractivity contribution >= 4 is 5.97 Å². The van der Waals surface area contributed by atoms with E-state index in [-0.39, 0.29) is 11.6 Å². The van der Waals surface area contributed by atoms with Crippen LogP contribution >= 0.6 is 0 Å². The lowest BCUT2D eigenvalue weighted by Crippen LogP contribution is -2.30. The van der Waals surface area contributed by atoms with Gasteiger partial charge in [0.15, 0.2) is 0 Å². The summed E-state index contributed by atoms with van der Waals surface area (Å²) in [6.45, 7) is 0. The van der Waals surface area contributed by atoms with Crippen LogP contribution in [0.1, 0.15) is 36.8 Å². The molecule has 3 rings (SSSR count). The van der Waals surface area contributed by atoms with Gasteiger partial charge in [-0.3, -0.25) is 4.79 Å². The molecular formula is C13H14O2. The predicted octanol–water partition coefficient (Wildman–Crippen LogP) is 2.56. The van der Waals surface area contributed by atoms with E-state index in [2.05, 4.69) is 18.2 Å². The third-order valence-corrected chi connectivity index (χ3v) is 3.58. The molecule has 1 spiro atoms. The summed E-state index contributed by atoms with van der Waals surface area (Å²) in [5.74, 6) is -0.0355. The van der Waals surface area contributed by atoms with Gasteiger partial charge in [0, 0.05) is 12.8 Å². The number of carbonyl (C=O) groups excluding carboxylic acids is 1. The quantitative estimate of drug-likeness (QED) is 0.604. The van der Waals surface area contributed by atoms with Crippen molar-refractivity contribution in [3.05, 3.63) is 35.4 Å². The number of rotatable bonds is 0. The molecule has 1 heterocycles. The van der Waals surface area contributed by atoms with Crippen LogP contribution in [0.15, 0.2) is 24.3 Å². The van der Waals surface area contributed by atoms with Crippen molar-refractivity contribution in [3.8, 4) is 0 Å². The molecule has 0 amide bonds. The van der Waals surface area contributed by atoms with Crippen molar-refractivity contribution < 1.29 is 9.53 Å². The van der Waals surface area contributed by atoms with Gasteiger partial charge in [0.05, 0.1) is 0 Å². The van der Waals surface area contributed by atoms with Crippen LogP contribution in [0.5, 0.6) is 0 Å². The highest BCUT2D eigenvalue weighted by Gasteiger charge is 2.44. The predicted molar refractivity (Wildman–Crippen MR) is 56.4 cm³/mol. The lowest BCUT2D eigenvalue weighted by atomic mass is 9.77. The minimum atomic E-state index is -0.272. The van der Waals surface area contributed by atoms with Crippen molar-refractivity contribution in [1.29, 1.82) is 0 Å². The van der Waals surface area contributed by atoms with Crippen LogP contribution in [0.25, 0.3) is 0 Å². The van der Waals surface area contributed by atoms with E-state index in [1.54, 1.807) is 0 Å². The average molecular weight is 202 g/mol. The van der Waals surface area contributed by atoms with Gasteiger partial charge in [-0.25, -0.2) is 0 Å². The molecule has 78 valence electrons. The number of aryl methyl sites for hydroxylation is 1. The fourth-order valence-electron chi connectivity index (χ4n) is 2.87. The van der Waals surface area contributed by atoms with Gasteiger partial charge >= 0.3 is 5.97 Å². The molecule has 2 aliphatic rings. The van der Waals surface area contributed by atoms with E-state index >= 15 is 0 Å². The van der Waals surface area contributed by atoms with Crippen LogP contribution in [0.4, 0.5) is 0 Å². The Labute approximate surface area is 89.2 Å². The number of carbonyl (C=O) groups is 1. The van der Waals surface area contributed by atoms with Crippen molar-refractivity contribution in [2.24, 2.45) is 0 Å². The topological polar surface area (TPSA) is 26.3 Å². The van der Waals surface area contributed by atoms with Crippen LogP contribution in [0.2, 0.25) is 0 Å². The third kappa shape index (κ3) is 1.28. The Morgan fingerprint density at radius 2 is 2.00 bits per heavy atom. The maximum atomic E-state index is 11.3. The van der Waals surface area contributed by atoms with Gasteiger partial charge in [0.1, 0.15) is 5.60 Å². The van der Waals surface area contributed by atoms with E-state index in [9.17, 15) is 4.79 Å². The highest BCUT2D eigenvalue weighted by atomic mass is 16.6. The maximum absolute atomic E-state index is 11.3. The Hall–Kier alpha value is -1.31. The maximum Gasteiger partial charge on any atom is 0.306 e. The van der Waals surface area contributed by atoms with E-state index in [1.165, 1.54) is 11.1 Å². The molecule has 0 bridgehead atoms. The van der Waals surface area contributed by atoms with E-state index in [1.807, 2.05) is 6.07 Å². The zero-order chi connectivity index (χ0) is 10.3. The van der Waals surface area contributed by atoms with E-state index in [4.69, 9.17) is 4.74 Å². The molecule has 0 radical (unpaired) electrons. The molecule has 2 nitrogen and oxygen atoms in total. The molecule has 1 unspecified atom stereocenters. The summed E-state index contributed by atoms with van der Waals surface area (Å²) in [6.07, 6.45) is 4.69. The van der Waals surface area contributed by atoms with Gasteiger partial charge in [-0.1, -0.05) is 24.3 Å². The first-order valence-electron chi connectivity index (χ1n) is 5.60. The summed E-state index contributed by atoms with van der Waals surface area (Å²) in [7, 11) is 0. The molecule has 0 N–H and O–H groups in total. The summed E-state index contributed by atoms with van der Waals surface area (Å²) in [4.78, 5) is 11.3. The van der Waals surface area contributed by atoms with E-state index in [0.717, 1.165) is 25.7 Å². The van der Waals surface area contributed by atoms with Crippen molar-refractivity contribution in [2.45, 2.75) is 37.7 Å². The standard InChI is InChI=1S/C13H14O2/c14-12-7-9-13(15-12)8-3-5-10-4-1-2-6-11(10)13/h1-2,4,6H,3,5,7-9H2. The van der Waals surface area contributed by atoms with E-state index in [0.29, 0.717) is 6.42 Å². The summed E-state index contributed by atoms with van der Waals surface area (Å²) < 4.78 is 5.58. The molecular weight excluding hydrogens is 188 g/mol. The normalized spacial score (nSPS) is 28.9. The molecule has 1 aromatic rings. The minimum absolute atomic E-state index is 0.0355. The van der Waals surface area contributed by atoms with Gasteiger partial charge in [-0.2, -0.15) is 0 Å². The second kappa shape index (κ2) is 3.09. The molecule has 1 aliphatic carbocycles. The Bertz CT molecular complexity index is 411. The van der Waals surface area contributed by atoms with Gasteiger partial charge in [-0.15, -0.1) is 0 Å². The molecule has 1 aliphatic heterocycles. The molecule has 1 atom stereocenters. The van der Waals surface area contributed by atoms with Crippen molar-refractivity contribution in [1.82, 2.24) is 0 Å². The fraction of sp³-hybridized carbons (Fsp3) is 0.462. The van der Waals surface area contributed by atoms with Crippen LogP contribution in [-0.2, 0) is 21.6 Å². The Morgan fingerprint density at radius 1 is 1.13 bits per heavy atom. The van der Waals surface area contributed by atoms with E-state index < -0.39 is 0 Å². The highest BCUT2D eigenvalue weighted by Crippen LogP contribution is 2.45. The van der Waals surface area contributed by atoms with Crippen LogP contribution in [0, 0.1) is 0 Å². The van der Waals surface area contributed by atoms with Crippen molar-refractivity contribution in [2.75, 3.05) is 0 Å². The van der Waals surface area contributed by atoms with Gasteiger partial charge in [0.2, 0.25) is 0 Å².